The molecule has 2 saturated heterocycles. The summed E-state index contributed by atoms with van der Waals surface area (Å²) in [5, 5.41) is 3.13. The maximum Gasteiger partial charge on any atom is 0.321 e. The summed E-state index contributed by atoms with van der Waals surface area (Å²) in [6.45, 7) is 10.2. The van der Waals surface area contributed by atoms with Crippen LogP contribution in [0.1, 0.15) is 26.2 Å². The van der Waals surface area contributed by atoms with E-state index in [9.17, 15) is 4.79 Å². The number of carbonyl (C=O) groups is 1. The molecule has 26 heavy (non-hydrogen) atoms. The molecule has 0 bridgehead atoms. The van der Waals surface area contributed by atoms with Crippen LogP contribution in [0.3, 0.4) is 0 Å². The summed E-state index contributed by atoms with van der Waals surface area (Å²) in [5.74, 6) is 0. The number of para-hydroxylation sites is 2. The van der Waals surface area contributed by atoms with Gasteiger partial charge in [-0.3, -0.25) is 4.90 Å². The molecule has 144 valence electrons. The van der Waals surface area contributed by atoms with Crippen molar-refractivity contribution in [2.45, 2.75) is 26.2 Å². The topological polar surface area (TPSA) is 48.0 Å². The predicted octanol–water partition coefficient (Wildman–Crippen LogP) is 2.86. The SMILES string of the molecule is CCCCCN1CCN(C(=O)Nc2ccccc2N2CCOCC2)CC1. The first-order valence-electron chi connectivity index (χ1n) is 9.98. The third-order valence-electron chi connectivity index (χ3n) is 5.23. The van der Waals surface area contributed by atoms with Crippen molar-refractivity contribution in [1.82, 2.24) is 9.80 Å². The number of amides is 2. The fraction of sp³-hybridized carbons (Fsp3) is 0.650. The zero-order chi connectivity index (χ0) is 18.2. The van der Waals surface area contributed by atoms with Crippen LogP contribution in [-0.4, -0.2) is 74.9 Å². The standard InChI is InChI=1S/C20H32N4O2/c1-2-3-6-9-22-10-12-24(13-11-22)20(25)21-18-7-4-5-8-19(18)23-14-16-26-17-15-23/h4-5,7-8H,2-3,6,9-17H2,1H3,(H,21,25). The highest BCUT2D eigenvalue weighted by Crippen LogP contribution is 2.26. The highest BCUT2D eigenvalue weighted by molar-refractivity contribution is 5.93. The second kappa shape index (κ2) is 9.78. The Bertz CT molecular complexity index is 567. The van der Waals surface area contributed by atoms with Gasteiger partial charge >= 0.3 is 6.03 Å². The average Bonchev–Trinajstić information content (AvgIpc) is 2.70. The lowest BCUT2D eigenvalue weighted by Crippen LogP contribution is -2.50. The molecule has 0 aromatic heterocycles. The van der Waals surface area contributed by atoms with Gasteiger partial charge in [0.15, 0.2) is 0 Å². The van der Waals surface area contributed by atoms with E-state index in [4.69, 9.17) is 4.74 Å². The summed E-state index contributed by atoms with van der Waals surface area (Å²) >= 11 is 0. The van der Waals surface area contributed by atoms with E-state index in [1.807, 2.05) is 23.1 Å². The van der Waals surface area contributed by atoms with E-state index < -0.39 is 0 Å². The normalized spacial score (nSPS) is 18.8. The molecule has 0 saturated carbocycles. The summed E-state index contributed by atoms with van der Waals surface area (Å²) in [7, 11) is 0. The Morgan fingerprint density at radius 3 is 2.50 bits per heavy atom. The monoisotopic (exact) mass is 360 g/mol. The molecule has 2 fully saturated rings. The number of ether oxygens (including phenoxy) is 1. The Balaban J connectivity index is 1.52. The smallest absolute Gasteiger partial charge is 0.321 e. The molecule has 2 amide bonds. The highest BCUT2D eigenvalue weighted by Gasteiger charge is 2.22. The fourth-order valence-corrected chi connectivity index (χ4v) is 3.61. The third-order valence-corrected chi connectivity index (χ3v) is 5.23. The summed E-state index contributed by atoms with van der Waals surface area (Å²) in [6, 6.07) is 8.08. The quantitative estimate of drug-likeness (QED) is 0.793. The van der Waals surface area contributed by atoms with Crippen LogP contribution in [0.4, 0.5) is 16.2 Å². The van der Waals surface area contributed by atoms with Gasteiger partial charge in [-0.05, 0) is 25.1 Å². The van der Waals surface area contributed by atoms with Crippen LogP contribution in [0.15, 0.2) is 24.3 Å². The zero-order valence-electron chi connectivity index (χ0n) is 16.0. The van der Waals surface area contributed by atoms with Crippen LogP contribution < -0.4 is 10.2 Å². The Morgan fingerprint density at radius 2 is 1.77 bits per heavy atom. The molecule has 3 rings (SSSR count). The van der Waals surface area contributed by atoms with Gasteiger partial charge in [0.2, 0.25) is 0 Å². The van der Waals surface area contributed by atoms with E-state index in [1.165, 1.54) is 19.3 Å². The number of rotatable bonds is 6. The summed E-state index contributed by atoms with van der Waals surface area (Å²) in [5.41, 5.74) is 1.98. The number of anilines is 2. The number of nitrogens with zero attached hydrogens (tertiary/aromatic N) is 3. The lowest BCUT2D eigenvalue weighted by molar-refractivity contribution is 0.123. The lowest BCUT2D eigenvalue weighted by atomic mass is 10.2. The third kappa shape index (κ3) is 5.11. The summed E-state index contributed by atoms with van der Waals surface area (Å²) < 4.78 is 5.44. The lowest BCUT2D eigenvalue weighted by Gasteiger charge is -2.35. The van der Waals surface area contributed by atoms with Crippen molar-refractivity contribution >= 4 is 17.4 Å². The number of unbranched alkanes of at least 4 members (excludes halogenated alkanes) is 2. The van der Waals surface area contributed by atoms with E-state index in [0.717, 1.165) is 70.4 Å². The molecule has 1 aromatic carbocycles. The van der Waals surface area contributed by atoms with Crippen molar-refractivity contribution in [3.8, 4) is 0 Å². The molecule has 0 atom stereocenters. The molecule has 0 radical (unpaired) electrons. The minimum absolute atomic E-state index is 0.0129. The molecular weight excluding hydrogens is 328 g/mol. The Morgan fingerprint density at radius 1 is 1.04 bits per heavy atom. The second-order valence-electron chi connectivity index (χ2n) is 7.08. The first-order valence-corrected chi connectivity index (χ1v) is 9.98. The molecule has 6 nitrogen and oxygen atoms in total. The van der Waals surface area contributed by atoms with Gasteiger partial charge in [0.1, 0.15) is 0 Å². The predicted molar refractivity (Wildman–Crippen MR) is 106 cm³/mol. The minimum Gasteiger partial charge on any atom is -0.378 e. The van der Waals surface area contributed by atoms with Crippen LogP contribution in [0.5, 0.6) is 0 Å². The van der Waals surface area contributed by atoms with Gasteiger partial charge in [0.05, 0.1) is 24.6 Å². The van der Waals surface area contributed by atoms with Gasteiger partial charge < -0.3 is 19.9 Å². The number of morpholine rings is 1. The van der Waals surface area contributed by atoms with E-state index in [-0.39, 0.29) is 6.03 Å². The number of urea groups is 1. The molecule has 1 N–H and O–H groups in total. The molecule has 0 unspecified atom stereocenters. The maximum atomic E-state index is 12.7. The Labute approximate surface area is 157 Å². The zero-order valence-corrected chi connectivity index (χ0v) is 16.0. The number of hydrogen-bond donors (Lipinski definition) is 1. The van der Waals surface area contributed by atoms with Gasteiger partial charge in [-0.1, -0.05) is 31.9 Å². The molecule has 0 aliphatic carbocycles. The molecule has 1 aromatic rings. The summed E-state index contributed by atoms with van der Waals surface area (Å²) in [6.07, 6.45) is 3.81. The van der Waals surface area contributed by atoms with Gasteiger partial charge in [0, 0.05) is 39.3 Å². The van der Waals surface area contributed by atoms with E-state index in [2.05, 4.69) is 28.1 Å². The van der Waals surface area contributed by atoms with Crippen molar-refractivity contribution in [1.29, 1.82) is 0 Å². The molecule has 2 aliphatic heterocycles. The van der Waals surface area contributed by atoms with Crippen molar-refractivity contribution in [2.24, 2.45) is 0 Å². The van der Waals surface area contributed by atoms with Crippen LogP contribution in [0.25, 0.3) is 0 Å². The van der Waals surface area contributed by atoms with E-state index in [1.54, 1.807) is 0 Å². The molecule has 0 spiro atoms. The fourth-order valence-electron chi connectivity index (χ4n) is 3.61. The maximum absolute atomic E-state index is 12.7. The van der Waals surface area contributed by atoms with Crippen molar-refractivity contribution in [2.75, 3.05) is 69.2 Å². The number of benzene rings is 1. The van der Waals surface area contributed by atoms with Crippen LogP contribution in [-0.2, 0) is 4.74 Å². The number of nitrogens with one attached hydrogen (secondary N) is 1. The van der Waals surface area contributed by atoms with Crippen LogP contribution >= 0.6 is 0 Å². The Kier molecular flexibility index (Phi) is 7.14. The summed E-state index contributed by atoms with van der Waals surface area (Å²) in [4.78, 5) is 19.4. The van der Waals surface area contributed by atoms with E-state index >= 15 is 0 Å². The largest absolute Gasteiger partial charge is 0.378 e. The Hall–Kier alpha value is -1.79. The van der Waals surface area contributed by atoms with Crippen molar-refractivity contribution in [3.05, 3.63) is 24.3 Å². The van der Waals surface area contributed by atoms with Crippen LogP contribution in [0.2, 0.25) is 0 Å². The highest BCUT2D eigenvalue weighted by atomic mass is 16.5. The van der Waals surface area contributed by atoms with Gasteiger partial charge in [-0.15, -0.1) is 0 Å². The van der Waals surface area contributed by atoms with Gasteiger partial charge in [-0.25, -0.2) is 4.79 Å². The molecule has 2 heterocycles. The number of hydrogen-bond acceptors (Lipinski definition) is 4. The first-order chi connectivity index (χ1) is 12.8. The minimum atomic E-state index is 0.0129. The number of piperazine rings is 1. The van der Waals surface area contributed by atoms with Crippen molar-refractivity contribution < 1.29 is 9.53 Å². The second-order valence-corrected chi connectivity index (χ2v) is 7.08. The van der Waals surface area contributed by atoms with Gasteiger partial charge in [0.25, 0.3) is 0 Å². The van der Waals surface area contributed by atoms with Crippen LogP contribution in [0, 0.1) is 0 Å². The molecular formula is C20H32N4O2. The first kappa shape index (κ1) is 19.0. The molecule has 6 heteroatoms. The van der Waals surface area contributed by atoms with Crippen molar-refractivity contribution in [3.63, 3.8) is 0 Å². The van der Waals surface area contributed by atoms with E-state index in [0.29, 0.717) is 0 Å². The molecule has 2 aliphatic rings. The number of carbonyl (C=O) groups excluding carboxylic acids is 1. The average molecular weight is 361 g/mol. The van der Waals surface area contributed by atoms with Gasteiger partial charge in [-0.2, -0.15) is 0 Å².